The molecule has 0 saturated heterocycles. The van der Waals surface area contributed by atoms with Crippen molar-refractivity contribution in [2.45, 2.75) is 58.5 Å². The molecule has 3 atom stereocenters. The standard InChI is InChI=1S/C15H22INO7/c1-8(18)22-12-10(16)7-21-11(13(12)23-9(2)19)6-17-14(20)24-15(3,4)5/h7,11-13H,6H2,1-5H3,(H,17,20)/t11?,12?,13-/m0/s1. The summed E-state index contributed by atoms with van der Waals surface area (Å²) in [4.78, 5) is 34.4. The molecule has 8 nitrogen and oxygen atoms in total. The molecule has 1 rings (SSSR count). The lowest BCUT2D eigenvalue weighted by Crippen LogP contribution is -2.51. The first-order valence-electron chi connectivity index (χ1n) is 7.32. The molecule has 0 aromatic carbocycles. The van der Waals surface area contributed by atoms with Gasteiger partial charge >= 0.3 is 18.0 Å². The van der Waals surface area contributed by atoms with Gasteiger partial charge in [-0.05, 0) is 43.4 Å². The Bertz CT molecular complexity index is 526. The first kappa shape index (κ1) is 20.5. The minimum atomic E-state index is -0.877. The highest BCUT2D eigenvalue weighted by molar-refractivity contribution is 14.1. The Labute approximate surface area is 154 Å². The molecule has 0 saturated carbocycles. The van der Waals surface area contributed by atoms with E-state index in [9.17, 15) is 14.4 Å². The van der Waals surface area contributed by atoms with Gasteiger partial charge in [0.15, 0.2) is 18.3 Å². The smallest absolute Gasteiger partial charge is 0.407 e. The summed E-state index contributed by atoms with van der Waals surface area (Å²) >= 11 is 1.94. The van der Waals surface area contributed by atoms with Crippen LogP contribution in [0.25, 0.3) is 0 Å². The predicted molar refractivity (Wildman–Crippen MR) is 92.3 cm³/mol. The van der Waals surface area contributed by atoms with Crippen molar-refractivity contribution in [1.82, 2.24) is 5.32 Å². The molecule has 9 heteroatoms. The fourth-order valence-corrected chi connectivity index (χ4v) is 2.57. The third kappa shape index (κ3) is 6.93. The van der Waals surface area contributed by atoms with Gasteiger partial charge in [-0.15, -0.1) is 0 Å². The van der Waals surface area contributed by atoms with Gasteiger partial charge < -0.3 is 24.3 Å². The second kappa shape index (κ2) is 8.54. The maximum atomic E-state index is 11.8. The van der Waals surface area contributed by atoms with E-state index in [2.05, 4.69) is 5.32 Å². The van der Waals surface area contributed by atoms with Gasteiger partial charge in [0.1, 0.15) is 5.60 Å². The number of rotatable bonds is 4. The topological polar surface area (TPSA) is 100 Å². The number of hydrogen-bond acceptors (Lipinski definition) is 7. The maximum absolute atomic E-state index is 11.8. The van der Waals surface area contributed by atoms with Gasteiger partial charge in [0, 0.05) is 13.8 Å². The van der Waals surface area contributed by atoms with E-state index < -0.39 is 41.9 Å². The average molecular weight is 455 g/mol. The van der Waals surface area contributed by atoms with Crippen molar-refractivity contribution in [3.8, 4) is 0 Å². The van der Waals surface area contributed by atoms with Crippen LogP contribution in [0.5, 0.6) is 0 Å². The number of alkyl carbamates (subject to hydrolysis) is 1. The van der Waals surface area contributed by atoms with Crippen LogP contribution in [-0.2, 0) is 28.5 Å². The molecule has 0 fully saturated rings. The molecule has 1 amide bonds. The minimum Gasteiger partial charge on any atom is -0.491 e. The van der Waals surface area contributed by atoms with Crippen molar-refractivity contribution in [3.63, 3.8) is 0 Å². The highest BCUT2D eigenvalue weighted by Crippen LogP contribution is 2.29. The molecule has 1 N–H and O–H groups in total. The van der Waals surface area contributed by atoms with Gasteiger partial charge in [0.05, 0.1) is 16.4 Å². The molecule has 24 heavy (non-hydrogen) atoms. The predicted octanol–water partition coefficient (Wildman–Crippen LogP) is 2.05. The number of hydrogen-bond donors (Lipinski definition) is 1. The quantitative estimate of drug-likeness (QED) is 0.394. The molecule has 0 radical (unpaired) electrons. The molecule has 1 aliphatic rings. The van der Waals surface area contributed by atoms with E-state index in [4.69, 9.17) is 18.9 Å². The van der Waals surface area contributed by atoms with Crippen molar-refractivity contribution >= 4 is 40.6 Å². The lowest BCUT2D eigenvalue weighted by molar-refractivity contribution is -0.173. The summed E-state index contributed by atoms with van der Waals surface area (Å²) in [6.07, 6.45) is -1.59. The molecule has 0 aromatic rings. The third-order valence-electron chi connectivity index (χ3n) is 2.73. The Kier molecular flexibility index (Phi) is 7.30. The van der Waals surface area contributed by atoms with Gasteiger partial charge in [0.25, 0.3) is 0 Å². The second-order valence-electron chi connectivity index (χ2n) is 6.16. The number of carbonyl (C=O) groups is 3. The molecule has 0 spiro atoms. The second-order valence-corrected chi connectivity index (χ2v) is 7.41. The van der Waals surface area contributed by atoms with Gasteiger partial charge in [-0.1, -0.05) is 0 Å². The Morgan fingerprint density at radius 2 is 1.79 bits per heavy atom. The van der Waals surface area contributed by atoms with E-state index >= 15 is 0 Å². The van der Waals surface area contributed by atoms with Crippen molar-refractivity contribution in [1.29, 1.82) is 0 Å². The molecule has 136 valence electrons. The Morgan fingerprint density at radius 1 is 1.21 bits per heavy atom. The maximum Gasteiger partial charge on any atom is 0.407 e. The molecular weight excluding hydrogens is 433 g/mol. The van der Waals surface area contributed by atoms with Crippen LogP contribution in [0.2, 0.25) is 0 Å². The molecule has 0 aliphatic carbocycles. The summed E-state index contributed by atoms with van der Waals surface area (Å²) in [5, 5.41) is 2.55. The summed E-state index contributed by atoms with van der Waals surface area (Å²) < 4.78 is 21.7. The summed E-state index contributed by atoms with van der Waals surface area (Å²) in [6, 6.07) is 0. The van der Waals surface area contributed by atoms with Crippen LogP contribution in [0.3, 0.4) is 0 Å². The highest BCUT2D eigenvalue weighted by atomic mass is 127. The van der Waals surface area contributed by atoms with E-state index in [-0.39, 0.29) is 6.54 Å². The van der Waals surface area contributed by atoms with E-state index in [1.807, 2.05) is 22.6 Å². The molecule has 1 aliphatic heterocycles. The fourth-order valence-electron chi connectivity index (χ4n) is 1.94. The number of amides is 1. The van der Waals surface area contributed by atoms with Crippen LogP contribution >= 0.6 is 22.6 Å². The van der Waals surface area contributed by atoms with Crippen molar-refractivity contribution < 1.29 is 33.3 Å². The number of ether oxygens (including phenoxy) is 4. The van der Waals surface area contributed by atoms with Crippen molar-refractivity contribution in [3.05, 3.63) is 9.84 Å². The van der Waals surface area contributed by atoms with E-state index in [0.29, 0.717) is 3.58 Å². The van der Waals surface area contributed by atoms with Crippen LogP contribution in [0.4, 0.5) is 4.79 Å². The van der Waals surface area contributed by atoms with Crippen molar-refractivity contribution in [2.75, 3.05) is 6.54 Å². The van der Waals surface area contributed by atoms with Gasteiger partial charge in [0.2, 0.25) is 0 Å². The third-order valence-corrected chi connectivity index (χ3v) is 3.60. The Hall–Kier alpha value is -1.52. The lowest BCUT2D eigenvalue weighted by atomic mass is 10.1. The van der Waals surface area contributed by atoms with E-state index in [1.54, 1.807) is 20.8 Å². The zero-order chi connectivity index (χ0) is 18.5. The largest absolute Gasteiger partial charge is 0.491 e. The number of halogens is 1. The monoisotopic (exact) mass is 455 g/mol. The summed E-state index contributed by atoms with van der Waals surface area (Å²) in [6.45, 7) is 7.76. The van der Waals surface area contributed by atoms with Gasteiger partial charge in [-0.25, -0.2) is 4.79 Å². The fraction of sp³-hybridized carbons (Fsp3) is 0.667. The first-order valence-corrected chi connectivity index (χ1v) is 8.40. The Balaban J connectivity index is 2.81. The lowest BCUT2D eigenvalue weighted by Gasteiger charge is -2.35. The van der Waals surface area contributed by atoms with Crippen LogP contribution < -0.4 is 5.32 Å². The minimum absolute atomic E-state index is 0.0189. The Morgan fingerprint density at radius 3 is 2.29 bits per heavy atom. The molecule has 0 bridgehead atoms. The summed E-state index contributed by atoms with van der Waals surface area (Å²) in [7, 11) is 0. The van der Waals surface area contributed by atoms with Crippen LogP contribution in [0.15, 0.2) is 9.84 Å². The van der Waals surface area contributed by atoms with E-state index in [1.165, 1.54) is 20.1 Å². The number of carbonyl (C=O) groups excluding carboxylic acids is 3. The molecule has 0 aromatic heterocycles. The average Bonchev–Trinajstić information content (AvgIpc) is 2.39. The first-order chi connectivity index (χ1) is 11.0. The normalized spacial score (nSPS) is 23.4. The summed E-state index contributed by atoms with van der Waals surface area (Å²) in [5.74, 6) is -1.06. The van der Waals surface area contributed by atoms with Crippen LogP contribution in [-0.4, -0.2) is 48.5 Å². The molecular formula is C15H22INO7. The van der Waals surface area contributed by atoms with Gasteiger partial charge in [-0.2, -0.15) is 0 Å². The van der Waals surface area contributed by atoms with Crippen LogP contribution in [0, 0.1) is 0 Å². The highest BCUT2D eigenvalue weighted by Gasteiger charge is 2.41. The molecule has 2 unspecified atom stereocenters. The van der Waals surface area contributed by atoms with Crippen LogP contribution in [0.1, 0.15) is 34.6 Å². The summed E-state index contributed by atoms with van der Waals surface area (Å²) in [5.41, 5.74) is -0.637. The van der Waals surface area contributed by atoms with Gasteiger partial charge in [-0.3, -0.25) is 9.59 Å². The zero-order valence-corrected chi connectivity index (χ0v) is 16.4. The number of esters is 2. The number of nitrogens with one attached hydrogen (secondary N) is 1. The molecule has 1 heterocycles. The van der Waals surface area contributed by atoms with Crippen molar-refractivity contribution in [2.24, 2.45) is 0 Å². The van der Waals surface area contributed by atoms with E-state index in [0.717, 1.165) is 0 Å². The SMILES string of the molecule is CC(=O)OC1C(I)=COC(CNC(=O)OC(C)(C)C)[C@@H]1OC(C)=O. The zero-order valence-electron chi connectivity index (χ0n) is 14.3.